The predicted molar refractivity (Wildman–Crippen MR) is 68.2 cm³/mol. The fraction of sp³-hybridized carbons (Fsp3) is 0.500. The lowest BCUT2D eigenvalue weighted by molar-refractivity contribution is -0.150. The van der Waals surface area contributed by atoms with Crippen molar-refractivity contribution in [2.45, 2.75) is 31.5 Å². The Bertz CT molecular complexity index is 453. The van der Waals surface area contributed by atoms with E-state index in [9.17, 15) is 9.90 Å². The van der Waals surface area contributed by atoms with Gasteiger partial charge < -0.3 is 19.3 Å². The van der Waals surface area contributed by atoms with E-state index in [2.05, 4.69) is 4.74 Å². The largest absolute Gasteiger partial charge is 0.493 e. The molecule has 1 N–H and O–H groups in total. The van der Waals surface area contributed by atoms with Crippen LogP contribution in [0.2, 0.25) is 0 Å². The number of hydrogen-bond acceptors (Lipinski definition) is 5. The fourth-order valence-corrected chi connectivity index (χ4v) is 1.87. The lowest BCUT2D eigenvalue weighted by Gasteiger charge is -2.27. The van der Waals surface area contributed by atoms with Crippen LogP contribution >= 0.6 is 0 Å². The van der Waals surface area contributed by atoms with E-state index >= 15 is 0 Å². The van der Waals surface area contributed by atoms with Gasteiger partial charge in [-0.25, -0.2) is 4.79 Å². The topological polar surface area (TPSA) is 65.0 Å². The van der Waals surface area contributed by atoms with Crippen LogP contribution in [0, 0.1) is 0 Å². The fourth-order valence-electron chi connectivity index (χ4n) is 1.87. The number of methoxy groups -OCH3 is 2. The lowest BCUT2D eigenvalue weighted by Crippen LogP contribution is -2.25. The first-order valence-corrected chi connectivity index (χ1v) is 6.26. The van der Waals surface area contributed by atoms with Gasteiger partial charge in [-0.1, -0.05) is 6.07 Å². The van der Waals surface area contributed by atoms with Crippen molar-refractivity contribution < 1.29 is 24.1 Å². The van der Waals surface area contributed by atoms with E-state index in [1.165, 1.54) is 7.11 Å². The highest BCUT2D eigenvalue weighted by Gasteiger charge is 2.23. The Morgan fingerprint density at radius 3 is 2.58 bits per heavy atom. The second-order valence-electron chi connectivity index (χ2n) is 4.51. The minimum Gasteiger partial charge on any atom is -0.493 e. The maximum Gasteiger partial charge on any atom is 0.339 e. The number of carbonyl (C=O) groups is 1. The summed E-state index contributed by atoms with van der Waals surface area (Å²) >= 11 is 0. The van der Waals surface area contributed by atoms with Crippen molar-refractivity contribution in [2.24, 2.45) is 0 Å². The molecule has 0 spiro atoms. The Labute approximate surface area is 112 Å². The first-order chi connectivity index (χ1) is 9.15. The molecule has 1 aromatic rings. The van der Waals surface area contributed by atoms with Crippen LogP contribution in [0.1, 0.15) is 30.9 Å². The maximum atomic E-state index is 11.3. The van der Waals surface area contributed by atoms with Gasteiger partial charge in [0.25, 0.3) is 0 Å². The average Bonchev–Trinajstić information content (AvgIpc) is 2.40. The van der Waals surface area contributed by atoms with Crippen LogP contribution in [0.4, 0.5) is 0 Å². The maximum absolute atomic E-state index is 11.3. The molecule has 1 unspecified atom stereocenters. The molecule has 0 saturated heterocycles. The number of ether oxygens (including phenoxy) is 3. The molecule has 19 heavy (non-hydrogen) atoms. The highest BCUT2D eigenvalue weighted by molar-refractivity contribution is 5.76. The molecule has 5 nitrogen and oxygen atoms in total. The van der Waals surface area contributed by atoms with Gasteiger partial charge in [0.1, 0.15) is 0 Å². The first kappa shape index (κ1) is 13.7. The van der Waals surface area contributed by atoms with Crippen LogP contribution in [-0.2, 0) is 9.53 Å². The summed E-state index contributed by atoms with van der Waals surface area (Å²) in [7, 11) is 2.79. The SMILES string of the molecule is COC(=O)C(O)c1ccc(OC)c(OC2CCC2)c1. The van der Waals surface area contributed by atoms with E-state index in [4.69, 9.17) is 9.47 Å². The zero-order valence-corrected chi connectivity index (χ0v) is 11.1. The van der Waals surface area contributed by atoms with Crippen LogP contribution in [0.15, 0.2) is 18.2 Å². The van der Waals surface area contributed by atoms with Crippen molar-refractivity contribution >= 4 is 5.97 Å². The monoisotopic (exact) mass is 266 g/mol. The van der Waals surface area contributed by atoms with Crippen LogP contribution < -0.4 is 9.47 Å². The van der Waals surface area contributed by atoms with Crippen molar-refractivity contribution in [3.63, 3.8) is 0 Å². The van der Waals surface area contributed by atoms with E-state index < -0.39 is 12.1 Å². The number of esters is 1. The summed E-state index contributed by atoms with van der Waals surface area (Å²) in [6.45, 7) is 0. The molecular weight excluding hydrogens is 248 g/mol. The van der Waals surface area contributed by atoms with E-state index in [0.717, 1.165) is 19.3 Å². The van der Waals surface area contributed by atoms with Gasteiger partial charge in [-0.05, 0) is 37.0 Å². The molecule has 1 aliphatic rings. The van der Waals surface area contributed by atoms with Crippen molar-refractivity contribution in [1.82, 2.24) is 0 Å². The van der Waals surface area contributed by atoms with Gasteiger partial charge in [-0.15, -0.1) is 0 Å². The van der Waals surface area contributed by atoms with Crippen molar-refractivity contribution in [1.29, 1.82) is 0 Å². The molecule has 0 amide bonds. The smallest absolute Gasteiger partial charge is 0.339 e. The Hall–Kier alpha value is -1.75. The van der Waals surface area contributed by atoms with Gasteiger partial charge in [0, 0.05) is 0 Å². The number of benzene rings is 1. The Balaban J connectivity index is 2.21. The van der Waals surface area contributed by atoms with E-state index in [1.54, 1.807) is 25.3 Å². The molecule has 104 valence electrons. The van der Waals surface area contributed by atoms with Gasteiger partial charge in [-0.3, -0.25) is 0 Å². The molecule has 1 fully saturated rings. The third kappa shape index (κ3) is 2.98. The predicted octanol–water partition coefficient (Wildman–Crippen LogP) is 1.83. The minimum atomic E-state index is -1.31. The highest BCUT2D eigenvalue weighted by Crippen LogP contribution is 2.34. The molecule has 1 saturated carbocycles. The molecule has 1 aromatic carbocycles. The van der Waals surface area contributed by atoms with Gasteiger partial charge in [-0.2, -0.15) is 0 Å². The molecular formula is C14H18O5. The normalized spacial score (nSPS) is 16.4. The standard InChI is InChI=1S/C14H18O5/c1-17-11-7-6-9(13(15)14(16)18-2)8-12(11)19-10-4-3-5-10/h6-8,10,13,15H,3-5H2,1-2H3. The van der Waals surface area contributed by atoms with Gasteiger partial charge in [0.15, 0.2) is 17.6 Å². The summed E-state index contributed by atoms with van der Waals surface area (Å²) in [4.78, 5) is 11.3. The summed E-state index contributed by atoms with van der Waals surface area (Å²) < 4.78 is 15.5. The molecule has 0 radical (unpaired) electrons. The molecule has 1 aliphatic carbocycles. The average molecular weight is 266 g/mol. The van der Waals surface area contributed by atoms with Crippen LogP contribution in [0.3, 0.4) is 0 Å². The number of carbonyl (C=O) groups excluding carboxylic acids is 1. The first-order valence-electron chi connectivity index (χ1n) is 6.26. The van der Waals surface area contributed by atoms with Crippen LogP contribution in [-0.4, -0.2) is 31.4 Å². The number of rotatable bonds is 5. The summed E-state index contributed by atoms with van der Waals surface area (Å²) in [5.74, 6) is 0.445. The second kappa shape index (κ2) is 5.93. The van der Waals surface area contributed by atoms with Crippen molar-refractivity contribution in [3.05, 3.63) is 23.8 Å². The Morgan fingerprint density at radius 2 is 2.05 bits per heavy atom. The lowest BCUT2D eigenvalue weighted by atomic mass is 9.96. The minimum absolute atomic E-state index is 0.194. The zero-order valence-electron chi connectivity index (χ0n) is 11.1. The van der Waals surface area contributed by atoms with Gasteiger partial charge >= 0.3 is 5.97 Å². The van der Waals surface area contributed by atoms with E-state index in [0.29, 0.717) is 17.1 Å². The van der Waals surface area contributed by atoms with Crippen LogP contribution in [0.25, 0.3) is 0 Å². The molecule has 1 atom stereocenters. The molecule has 0 bridgehead atoms. The zero-order chi connectivity index (χ0) is 13.8. The third-order valence-corrected chi connectivity index (χ3v) is 3.27. The Kier molecular flexibility index (Phi) is 4.27. The van der Waals surface area contributed by atoms with Gasteiger partial charge in [0.05, 0.1) is 20.3 Å². The molecule has 0 aromatic heterocycles. The number of aliphatic hydroxyl groups excluding tert-OH is 1. The van der Waals surface area contributed by atoms with E-state index in [-0.39, 0.29) is 6.10 Å². The Morgan fingerprint density at radius 1 is 1.32 bits per heavy atom. The molecule has 2 rings (SSSR count). The summed E-state index contributed by atoms with van der Waals surface area (Å²) in [5, 5.41) is 9.81. The quantitative estimate of drug-likeness (QED) is 0.824. The van der Waals surface area contributed by atoms with Crippen molar-refractivity contribution in [2.75, 3.05) is 14.2 Å². The summed E-state index contributed by atoms with van der Waals surface area (Å²) in [6.07, 6.45) is 2.09. The number of aliphatic hydroxyl groups is 1. The third-order valence-electron chi connectivity index (χ3n) is 3.27. The van der Waals surface area contributed by atoms with Crippen molar-refractivity contribution in [3.8, 4) is 11.5 Å². The second-order valence-corrected chi connectivity index (χ2v) is 4.51. The van der Waals surface area contributed by atoms with E-state index in [1.807, 2.05) is 0 Å². The molecule has 0 aliphatic heterocycles. The number of hydrogen-bond donors (Lipinski definition) is 1. The summed E-state index contributed by atoms with van der Waals surface area (Å²) in [5.41, 5.74) is 0.432. The van der Waals surface area contributed by atoms with Gasteiger partial charge in [0.2, 0.25) is 0 Å². The van der Waals surface area contributed by atoms with Crippen LogP contribution in [0.5, 0.6) is 11.5 Å². The molecule has 5 heteroatoms. The summed E-state index contributed by atoms with van der Waals surface area (Å²) in [6, 6.07) is 4.92. The highest BCUT2D eigenvalue weighted by atomic mass is 16.5. The molecule has 0 heterocycles.